The van der Waals surface area contributed by atoms with Gasteiger partial charge in [0.05, 0.1) is 6.61 Å². The number of alkyl carbamates (subject to hydrolysis) is 1. The summed E-state index contributed by atoms with van der Waals surface area (Å²) in [5.74, 6) is -1.96. The van der Waals surface area contributed by atoms with Crippen molar-refractivity contribution in [2.45, 2.75) is 38.3 Å². The average Bonchev–Trinajstić information content (AvgIpc) is 3.13. The number of carbonyl (C=O) groups is 3. The molecule has 0 aromatic heterocycles. The SMILES string of the molecule is COCC(NC(=O)C(CC=C(C)C)NC(=O)OCC1c2ccccc2-c2ccccc21)C(=O)O. The Kier molecular flexibility index (Phi) is 8.43. The molecular formula is C26H30N2O6. The van der Waals surface area contributed by atoms with Crippen molar-refractivity contribution in [3.05, 3.63) is 71.3 Å². The van der Waals surface area contributed by atoms with E-state index < -0.39 is 30.1 Å². The maximum Gasteiger partial charge on any atom is 0.407 e. The highest BCUT2D eigenvalue weighted by Gasteiger charge is 2.30. The first-order chi connectivity index (χ1) is 16.3. The van der Waals surface area contributed by atoms with Crippen LogP contribution in [0, 0.1) is 0 Å². The van der Waals surface area contributed by atoms with E-state index in [-0.39, 0.29) is 25.6 Å². The molecule has 0 saturated carbocycles. The predicted octanol–water partition coefficient (Wildman–Crippen LogP) is 3.47. The van der Waals surface area contributed by atoms with Gasteiger partial charge >= 0.3 is 12.1 Å². The maximum atomic E-state index is 12.7. The summed E-state index contributed by atoms with van der Waals surface area (Å²) >= 11 is 0. The molecule has 34 heavy (non-hydrogen) atoms. The monoisotopic (exact) mass is 466 g/mol. The second-order valence-corrected chi connectivity index (χ2v) is 8.39. The van der Waals surface area contributed by atoms with E-state index in [2.05, 4.69) is 10.6 Å². The third-order valence-electron chi connectivity index (χ3n) is 5.66. The number of nitrogens with one attached hydrogen (secondary N) is 2. The number of benzene rings is 2. The zero-order valence-corrected chi connectivity index (χ0v) is 19.5. The molecule has 1 aliphatic carbocycles. The molecule has 1 aliphatic rings. The van der Waals surface area contributed by atoms with Crippen LogP contribution in [-0.4, -0.2) is 55.5 Å². The molecule has 0 fully saturated rings. The standard InChI is InChI=1S/C26H30N2O6/c1-16(2)12-13-22(24(29)27-23(15-33-3)25(30)31)28-26(32)34-14-21-19-10-6-4-8-17(19)18-9-5-7-11-20(18)21/h4-12,21-23H,13-15H2,1-3H3,(H,27,29)(H,28,32)(H,30,31). The van der Waals surface area contributed by atoms with Gasteiger partial charge in [-0.15, -0.1) is 0 Å². The highest BCUT2D eigenvalue weighted by Crippen LogP contribution is 2.44. The number of carbonyl (C=O) groups excluding carboxylic acids is 2. The van der Waals surface area contributed by atoms with Gasteiger partial charge in [0.2, 0.25) is 5.91 Å². The van der Waals surface area contributed by atoms with Gasteiger partial charge in [-0.2, -0.15) is 0 Å². The largest absolute Gasteiger partial charge is 0.480 e. The van der Waals surface area contributed by atoms with Crippen LogP contribution >= 0.6 is 0 Å². The van der Waals surface area contributed by atoms with Gasteiger partial charge in [0.1, 0.15) is 12.6 Å². The third kappa shape index (κ3) is 6.02. The first-order valence-corrected chi connectivity index (χ1v) is 11.1. The summed E-state index contributed by atoms with van der Waals surface area (Å²) in [7, 11) is 1.34. The van der Waals surface area contributed by atoms with Crippen molar-refractivity contribution in [1.82, 2.24) is 10.6 Å². The number of hydrogen-bond donors (Lipinski definition) is 3. The Morgan fingerprint density at radius 3 is 2.09 bits per heavy atom. The Hall–Kier alpha value is -3.65. The van der Waals surface area contributed by atoms with Gasteiger partial charge in [-0.05, 0) is 42.5 Å². The fourth-order valence-corrected chi connectivity index (χ4v) is 3.98. The smallest absolute Gasteiger partial charge is 0.407 e. The van der Waals surface area contributed by atoms with Crippen molar-refractivity contribution in [3.63, 3.8) is 0 Å². The van der Waals surface area contributed by atoms with Crippen molar-refractivity contribution in [2.75, 3.05) is 20.3 Å². The van der Waals surface area contributed by atoms with E-state index in [9.17, 15) is 19.5 Å². The molecule has 2 aromatic carbocycles. The van der Waals surface area contributed by atoms with Gasteiger partial charge in [0, 0.05) is 13.0 Å². The molecular weight excluding hydrogens is 436 g/mol. The van der Waals surface area contributed by atoms with Crippen LogP contribution in [0.1, 0.15) is 37.3 Å². The van der Waals surface area contributed by atoms with Crippen LogP contribution in [0.4, 0.5) is 4.79 Å². The minimum atomic E-state index is -1.23. The molecule has 8 nitrogen and oxygen atoms in total. The average molecular weight is 467 g/mol. The normalized spacial score (nSPS) is 13.7. The minimum Gasteiger partial charge on any atom is -0.480 e. The molecule has 180 valence electrons. The van der Waals surface area contributed by atoms with Crippen LogP contribution in [0.5, 0.6) is 0 Å². The summed E-state index contributed by atoms with van der Waals surface area (Å²) in [6.07, 6.45) is 1.24. The van der Waals surface area contributed by atoms with Gasteiger partial charge in [-0.25, -0.2) is 9.59 Å². The van der Waals surface area contributed by atoms with E-state index in [0.29, 0.717) is 0 Å². The molecule has 0 aliphatic heterocycles. The summed E-state index contributed by atoms with van der Waals surface area (Å²) in [5.41, 5.74) is 5.36. The topological polar surface area (TPSA) is 114 Å². The fraction of sp³-hybridized carbons (Fsp3) is 0.346. The van der Waals surface area contributed by atoms with Crippen LogP contribution in [0.15, 0.2) is 60.2 Å². The lowest BCUT2D eigenvalue weighted by atomic mass is 9.98. The number of carboxylic acids is 1. The van der Waals surface area contributed by atoms with E-state index in [0.717, 1.165) is 27.8 Å². The Bertz CT molecular complexity index is 1030. The van der Waals surface area contributed by atoms with E-state index in [1.807, 2.05) is 62.4 Å². The Morgan fingerprint density at radius 2 is 1.56 bits per heavy atom. The van der Waals surface area contributed by atoms with Crippen molar-refractivity contribution in [2.24, 2.45) is 0 Å². The quantitative estimate of drug-likeness (QED) is 0.462. The summed E-state index contributed by atoms with van der Waals surface area (Å²) in [5, 5.41) is 14.3. The zero-order chi connectivity index (χ0) is 24.7. The number of amides is 2. The number of aliphatic carboxylic acids is 1. The lowest BCUT2D eigenvalue weighted by molar-refractivity contribution is -0.143. The first kappa shape index (κ1) is 25.0. The molecule has 0 saturated heterocycles. The van der Waals surface area contributed by atoms with Gasteiger partial charge in [0.25, 0.3) is 0 Å². The molecule has 2 unspecified atom stereocenters. The molecule has 3 N–H and O–H groups in total. The fourth-order valence-electron chi connectivity index (χ4n) is 3.98. The van der Waals surface area contributed by atoms with E-state index in [4.69, 9.17) is 9.47 Å². The number of methoxy groups -OCH3 is 1. The van der Waals surface area contributed by atoms with Crippen LogP contribution in [-0.2, 0) is 19.1 Å². The summed E-state index contributed by atoms with van der Waals surface area (Å²) in [6, 6.07) is 13.8. The summed E-state index contributed by atoms with van der Waals surface area (Å²) in [4.78, 5) is 36.8. The van der Waals surface area contributed by atoms with Crippen molar-refractivity contribution in [3.8, 4) is 11.1 Å². The number of carboxylic acid groups (broad SMARTS) is 1. The van der Waals surface area contributed by atoms with Crippen LogP contribution in [0.3, 0.4) is 0 Å². The number of hydrogen-bond acceptors (Lipinski definition) is 5. The molecule has 8 heteroatoms. The zero-order valence-electron chi connectivity index (χ0n) is 19.5. The second-order valence-electron chi connectivity index (χ2n) is 8.39. The Morgan fingerprint density at radius 1 is 0.971 bits per heavy atom. The summed E-state index contributed by atoms with van der Waals surface area (Å²) in [6.45, 7) is 3.65. The lowest BCUT2D eigenvalue weighted by Crippen LogP contribution is -2.52. The maximum absolute atomic E-state index is 12.7. The van der Waals surface area contributed by atoms with Crippen LogP contribution in [0.2, 0.25) is 0 Å². The summed E-state index contributed by atoms with van der Waals surface area (Å²) < 4.78 is 10.4. The Labute approximate surface area is 199 Å². The highest BCUT2D eigenvalue weighted by atomic mass is 16.5. The number of rotatable bonds is 10. The molecule has 0 bridgehead atoms. The molecule has 2 atom stereocenters. The van der Waals surface area contributed by atoms with Crippen LogP contribution in [0.25, 0.3) is 11.1 Å². The van der Waals surface area contributed by atoms with E-state index >= 15 is 0 Å². The van der Waals surface area contributed by atoms with Crippen LogP contribution < -0.4 is 10.6 Å². The van der Waals surface area contributed by atoms with Gasteiger partial charge < -0.3 is 25.2 Å². The Balaban J connectivity index is 1.68. The van der Waals surface area contributed by atoms with Crippen molar-refractivity contribution in [1.29, 1.82) is 0 Å². The van der Waals surface area contributed by atoms with Gasteiger partial charge in [0.15, 0.2) is 6.04 Å². The predicted molar refractivity (Wildman–Crippen MR) is 127 cm³/mol. The second kappa shape index (κ2) is 11.5. The van der Waals surface area contributed by atoms with E-state index in [1.54, 1.807) is 6.08 Å². The first-order valence-electron chi connectivity index (χ1n) is 11.1. The molecule has 0 radical (unpaired) electrons. The number of ether oxygens (including phenoxy) is 2. The van der Waals surface area contributed by atoms with E-state index in [1.165, 1.54) is 7.11 Å². The van der Waals surface area contributed by atoms with Gasteiger partial charge in [-0.3, -0.25) is 4.79 Å². The molecule has 2 amide bonds. The minimum absolute atomic E-state index is 0.109. The number of fused-ring (bicyclic) bond motifs is 3. The molecule has 3 rings (SSSR count). The highest BCUT2D eigenvalue weighted by molar-refractivity contribution is 5.89. The third-order valence-corrected chi connectivity index (χ3v) is 5.66. The lowest BCUT2D eigenvalue weighted by Gasteiger charge is -2.21. The van der Waals surface area contributed by atoms with Crippen molar-refractivity contribution < 1.29 is 29.0 Å². The molecule has 0 heterocycles. The van der Waals surface area contributed by atoms with Crippen molar-refractivity contribution >= 4 is 18.0 Å². The van der Waals surface area contributed by atoms with Gasteiger partial charge in [-0.1, -0.05) is 60.2 Å². The molecule has 2 aromatic rings. The molecule has 0 spiro atoms. The number of allylic oxidation sites excluding steroid dienone is 1.